The van der Waals surface area contributed by atoms with Crippen molar-refractivity contribution in [1.29, 1.82) is 0 Å². The number of benzene rings is 2. The highest BCUT2D eigenvalue weighted by Crippen LogP contribution is 2.38. The smallest absolute Gasteiger partial charge is 0.227 e. The molecule has 4 heteroatoms. The van der Waals surface area contributed by atoms with E-state index in [2.05, 4.69) is 17.1 Å². The summed E-state index contributed by atoms with van der Waals surface area (Å²) < 4.78 is 6.15. The normalized spacial score (nSPS) is 13.3. The lowest BCUT2D eigenvalue weighted by Gasteiger charge is -2.09. The number of nitrogens with zero attached hydrogens (tertiary/aromatic N) is 2. The van der Waals surface area contributed by atoms with Crippen LogP contribution in [0.1, 0.15) is 17.7 Å². The number of halogens is 1. The molecule has 25 heavy (non-hydrogen) atoms. The van der Waals surface area contributed by atoms with Gasteiger partial charge in [-0.05, 0) is 55.2 Å². The number of hydrogen-bond acceptors (Lipinski definition) is 3. The van der Waals surface area contributed by atoms with E-state index in [1.165, 1.54) is 11.3 Å². The maximum absolute atomic E-state index is 6.15. The van der Waals surface area contributed by atoms with Gasteiger partial charge in [0.05, 0.1) is 17.3 Å². The second-order valence-electron chi connectivity index (χ2n) is 6.32. The molecule has 3 nitrogen and oxygen atoms in total. The Morgan fingerprint density at radius 2 is 1.80 bits per heavy atom. The van der Waals surface area contributed by atoms with Crippen LogP contribution >= 0.6 is 11.6 Å². The van der Waals surface area contributed by atoms with Crippen LogP contribution < -0.4 is 0 Å². The van der Waals surface area contributed by atoms with Gasteiger partial charge in [0.1, 0.15) is 0 Å². The predicted molar refractivity (Wildman–Crippen MR) is 99.7 cm³/mol. The summed E-state index contributed by atoms with van der Waals surface area (Å²) in [7, 11) is 0. The van der Waals surface area contributed by atoms with Gasteiger partial charge in [-0.2, -0.15) is 0 Å². The molecule has 0 bridgehead atoms. The van der Waals surface area contributed by atoms with E-state index in [0.29, 0.717) is 10.9 Å². The first-order chi connectivity index (χ1) is 12.3. The zero-order valence-electron chi connectivity index (χ0n) is 13.5. The van der Waals surface area contributed by atoms with Gasteiger partial charge in [0.15, 0.2) is 5.76 Å². The number of fused-ring (bicyclic) bond motifs is 2. The van der Waals surface area contributed by atoms with Gasteiger partial charge >= 0.3 is 0 Å². The quantitative estimate of drug-likeness (QED) is 0.467. The van der Waals surface area contributed by atoms with Crippen LogP contribution in [0.25, 0.3) is 33.7 Å². The number of hydrogen-bond donors (Lipinski definition) is 0. The molecule has 0 saturated carbocycles. The van der Waals surface area contributed by atoms with Gasteiger partial charge in [0.2, 0.25) is 5.89 Å². The van der Waals surface area contributed by atoms with Gasteiger partial charge in [-0.3, -0.25) is 4.98 Å². The molecule has 0 saturated heterocycles. The first-order valence-electron chi connectivity index (χ1n) is 8.42. The number of rotatable bonds is 2. The van der Waals surface area contributed by atoms with Gasteiger partial charge in [-0.15, -0.1) is 0 Å². The number of pyridine rings is 1. The van der Waals surface area contributed by atoms with Crippen molar-refractivity contribution in [2.75, 3.05) is 0 Å². The molecule has 0 radical (unpaired) electrons. The van der Waals surface area contributed by atoms with E-state index >= 15 is 0 Å². The number of oxazole rings is 1. The van der Waals surface area contributed by atoms with Crippen molar-refractivity contribution in [2.45, 2.75) is 19.3 Å². The number of aryl methyl sites for hydroxylation is 1. The molecule has 0 N–H and O–H groups in total. The third-order valence-corrected chi connectivity index (χ3v) is 5.02. The lowest BCUT2D eigenvalue weighted by atomic mass is 10.0. The molecule has 1 aliphatic carbocycles. The molecule has 0 unspecified atom stereocenters. The van der Waals surface area contributed by atoms with Gasteiger partial charge in [0.25, 0.3) is 0 Å². The SMILES string of the molecule is Clc1ccc(-c2cnc(-c3c4c(nc5ccccc35)CCC4)o2)cc1. The third kappa shape index (κ3) is 2.43. The Hall–Kier alpha value is -2.65. The van der Waals surface area contributed by atoms with E-state index in [4.69, 9.17) is 21.0 Å². The molecule has 5 rings (SSSR count). The van der Waals surface area contributed by atoms with Crippen LogP contribution in [0.5, 0.6) is 0 Å². The minimum atomic E-state index is 0.668. The molecule has 0 atom stereocenters. The largest absolute Gasteiger partial charge is 0.436 e. The molecule has 0 spiro atoms. The molecule has 4 aromatic rings. The highest BCUT2D eigenvalue weighted by Gasteiger charge is 2.23. The summed E-state index contributed by atoms with van der Waals surface area (Å²) in [5, 5.41) is 1.81. The van der Waals surface area contributed by atoms with Crippen LogP contribution in [-0.4, -0.2) is 9.97 Å². The topological polar surface area (TPSA) is 38.9 Å². The zero-order chi connectivity index (χ0) is 16.8. The molecular formula is C21H15ClN2O. The Labute approximate surface area is 150 Å². The summed E-state index contributed by atoms with van der Waals surface area (Å²) in [5.74, 6) is 1.42. The van der Waals surface area contributed by atoms with Crippen LogP contribution in [-0.2, 0) is 12.8 Å². The van der Waals surface area contributed by atoms with Crippen molar-refractivity contribution >= 4 is 22.5 Å². The van der Waals surface area contributed by atoms with Gasteiger partial charge in [-0.1, -0.05) is 29.8 Å². The minimum absolute atomic E-state index is 0.668. The Bertz CT molecular complexity index is 1080. The van der Waals surface area contributed by atoms with Crippen LogP contribution in [0.4, 0.5) is 0 Å². The first kappa shape index (κ1) is 14.7. The Kier molecular flexibility index (Phi) is 3.35. The van der Waals surface area contributed by atoms with Crippen molar-refractivity contribution in [1.82, 2.24) is 9.97 Å². The predicted octanol–water partition coefficient (Wildman–Crippen LogP) is 5.70. The maximum atomic E-state index is 6.15. The maximum Gasteiger partial charge on any atom is 0.227 e. The molecule has 122 valence electrons. The lowest BCUT2D eigenvalue weighted by molar-refractivity contribution is 0.588. The van der Waals surface area contributed by atoms with Crippen LogP contribution in [0.2, 0.25) is 5.02 Å². The van der Waals surface area contributed by atoms with E-state index in [0.717, 1.165) is 47.1 Å². The lowest BCUT2D eigenvalue weighted by Crippen LogP contribution is -1.95. The summed E-state index contributed by atoms with van der Waals surface area (Å²) in [5.41, 5.74) is 5.53. The van der Waals surface area contributed by atoms with Gasteiger partial charge in [-0.25, -0.2) is 4.98 Å². The van der Waals surface area contributed by atoms with Crippen molar-refractivity contribution in [3.05, 3.63) is 71.0 Å². The number of para-hydroxylation sites is 1. The standard InChI is InChI=1S/C21H15ClN2O/c22-14-10-8-13(9-11-14)19-12-23-21(25-19)20-15-4-1-2-6-17(15)24-18-7-3-5-16(18)20/h1-2,4,6,8-12H,3,5,7H2. The fourth-order valence-electron chi connectivity index (χ4n) is 3.59. The molecule has 0 fully saturated rings. The second-order valence-corrected chi connectivity index (χ2v) is 6.76. The van der Waals surface area contributed by atoms with E-state index in [1.54, 1.807) is 6.20 Å². The summed E-state index contributed by atoms with van der Waals surface area (Å²) in [4.78, 5) is 9.42. The molecule has 2 aromatic heterocycles. The molecule has 0 amide bonds. The molecular weight excluding hydrogens is 332 g/mol. The van der Waals surface area contributed by atoms with Gasteiger partial charge in [0, 0.05) is 21.7 Å². The van der Waals surface area contributed by atoms with Crippen LogP contribution in [0.15, 0.2) is 59.1 Å². The average Bonchev–Trinajstić information content (AvgIpc) is 3.29. The molecule has 1 aliphatic rings. The summed E-state index contributed by atoms with van der Waals surface area (Å²) >= 11 is 5.98. The third-order valence-electron chi connectivity index (χ3n) is 4.77. The first-order valence-corrected chi connectivity index (χ1v) is 8.80. The minimum Gasteiger partial charge on any atom is -0.436 e. The summed E-state index contributed by atoms with van der Waals surface area (Å²) in [6.45, 7) is 0. The highest BCUT2D eigenvalue weighted by molar-refractivity contribution is 6.30. The molecule has 2 aromatic carbocycles. The van der Waals surface area contributed by atoms with Crippen molar-refractivity contribution in [3.8, 4) is 22.8 Å². The number of aromatic nitrogens is 2. The Morgan fingerprint density at radius 1 is 0.960 bits per heavy atom. The van der Waals surface area contributed by atoms with Crippen molar-refractivity contribution < 1.29 is 4.42 Å². The fourth-order valence-corrected chi connectivity index (χ4v) is 3.72. The van der Waals surface area contributed by atoms with Crippen molar-refractivity contribution in [2.24, 2.45) is 0 Å². The molecule has 2 heterocycles. The van der Waals surface area contributed by atoms with Crippen LogP contribution in [0, 0.1) is 0 Å². The fraction of sp³-hybridized carbons (Fsp3) is 0.143. The second kappa shape index (κ2) is 5.71. The summed E-state index contributed by atoms with van der Waals surface area (Å²) in [6, 6.07) is 15.8. The van der Waals surface area contributed by atoms with Gasteiger partial charge < -0.3 is 4.42 Å². The zero-order valence-corrected chi connectivity index (χ0v) is 14.3. The summed E-state index contributed by atoms with van der Waals surface area (Å²) in [6.07, 6.45) is 4.98. The van der Waals surface area contributed by atoms with Crippen LogP contribution in [0.3, 0.4) is 0 Å². The Balaban J connectivity index is 1.70. The van der Waals surface area contributed by atoms with E-state index in [-0.39, 0.29) is 0 Å². The van der Waals surface area contributed by atoms with E-state index in [1.807, 2.05) is 36.4 Å². The Morgan fingerprint density at radius 3 is 2.68 bits per heavy atom. The highest BCUT2D eigenvalue weighted by atomic mass is 35.5. The average molecular weight is 347 g/mol. The van der Waals surface area contributed by atoms with Crippen molar-refractivity contribution in [3.63, 3.8) is 0 Å². The molecule has 0 aliphatic heterocycles. The van der Waals surface area contributed by atoms with E-state index < -0.39 is 0 Å². The monoisotopic (exact) mass is 346 g/mol. The van der Waals surface area contributed by atoms with E-state index in [9.17, 15) is 0 Å².